The van der Waals surface area contributed by atoms with Gasteiger partial charge < -0.3 is 24.8 Å². The molecule has 52 heavy (non-hydrogen) atoms. The monoisotopic (exact) mass is 743 g/mol. The van der Waals surface area contributed by atoms with E-state index in [2.05, 4.69) is 32.7 Å². The van der Waals surface area contributed by atoms with Crippen LogP contribution in [0.4, 0.5) is 0 Å². The Morgan fingerprint density at radius 3 is 2.48 bits per heavy atom. The average Bonchev–Trinajstić information content (AvgIpc) is 3.89. The highest BCUT2D eigenvalue weighted by Gasteiger charge is 2.29. The van der Waals surface area contributed by atoms with E-state index in [-0.39, 0.29) is 18.1 Å². The zero-order valence-corrected chi connectivity index (χ0v) is 31.0. The number of fused-ring (bicyclic) bond motifs is 1. The molecule has 0 radical (unpaired) electrons. The normalized spacial score (nSPS) is 19.5. The Morgan fingerprint density at radius 2 is 1.71 bits per heavy atom. The van der Waals surface area contributed by atoms with E-state index in [0.29, 0.717) is 76.6 Å². The van der Waals surface area contributed by atoms with Crippen molar-refractivity contribution >= 4 is 34.9 Å². The number of benzene rings is 2. The van der Waals surface area contributed by atoms with Gasteiger partial charge >= 0.3 is 0 Å². The number of ketones is 1. The molecule has 272 valence electrons. The third-order valence-corrected chi connectivity index (χ3v) is 11.1. The summed E-state index contributed by atoms with van der Waals surface area (Å²) >= 11 is 13.9. The van der Waals surface area contributed by atoms with Crippen molar-refractivity contribution in [2.24, 2.45) is 5.92 Å². The quantitative estimate of drug-likeness (QED) is 0.134. The number of aryl methyl sites for hydroxylation is 1. The Bertz CT molecular complexity index is 1970. The second-order valence-corrected chi connectivity index (χ2v) is 14.6. The molecule has 0 spiro atoms. The number of methoxy groups -OCH3 is 2. The first-order valence-electron chi connectivity index (χ1n) is 18.0. The summed E-state index contributed by atoms with van der Waals surface area (Å²) < 4.78 is 17.8. The van der Waals surface area contributed by atoms with Gasteiger partial charge in [0, 0.05) is 48.5 Å². The van der Waals surface area contributed by atoms with Gasteiger partial charge in [0.15, 0.2) is 0 Å². The van der Waals surface area contributed by atoms with Crippen molar-refractivity contribution in [3.05, 3.63) is 81.1 Å². The molecule has 3 atom stereocenters. The SMILES string of the molecule is COc1nc(O[C@H]2CCc3c(-c4cccc(-c5cnc(CNC[C@@H]6CCC(=O)C6)c(OC)n5)c4Cl)cccc32)c(Cl)cc1CCC[C@@H]1CCC(=O)N1. The lowest BCUT2D eigenvalue weighted by atomic mass is 9.95. The van der Waals surface area contributed by atoms with Crippen molar-refractivity contribution in [3.8, 4) is 40.0 Å². The van der Waals surface area contributed by atoms with Crippen LogP contribution >= 0.6 is 23.2 Å². The molecule has 10 nitrogen and oxygen atoms in total. The van der Waals surface area contributed by atoms with Crippen LogP contribution in [0.15, 0.2) is 48.7 Å². The van der Waals surface area contributed by atoms with Crippen LogP contribution in [0.2, 0.25) is 10.0 Å². The summed E-state index contributed by atoms with van der Waals surface area (Å²) in [5.74, 6) is 2.11. The van der Waals surface area contributed by atoms with Crippen molar-refractivity contribution in [1.29, 1.82) is 0 Å². The Labute approximate surface area is 314 Å². The number of hydrogen-bond acceptors (Lipinski definition) is 9. The lowest BCUT2D eigenvalue weighted by Gasteiger charge is -2.18. The largest absolute Gasteiger partial charge is 0.481 e. The highest BCUT2D eigenvalue weighted by atomic mass is 35.5. The molecule has 2 aromatic carbocycles. The number of nitrogens with zero attached hydrogens (tertiary/aromatic N) is 3. The highest BCUT2D eigenvalue weighted by molar-refractivity contribution is 6.36. The Morgan fingerprint density at radius 1 is 0.904 bits per heavy atom. The van der Waals surface area contributed by atoms with E-state index < -0.39 is 0 Å². The van der Waals surface area contributed by atoms with Gasteiger partial charge in [-0.1, -0.05) is 59.6 Å². The van der Waals surface area contributed by atoms with Gasteiger partial charge in [-0.05, 0) is 80.2 Å². The van der Waals surface area contributed by atoms with Gasteiger partial charge in [-0.25, -0.2) is 4.98 Å². The van der Waals surface area contributed by atoms with Crippen LogP contribution in [0.5, 0.6) is 17.6 Å². The first-order chi connectivity index (χ1) is 25.3. The average molecular weight is 745 g/mol. The molecule has 7 rings (SSSR count). The molecule has 12 heteroatoms. The van der Waals surface area contributed by atoms with Gasteiger partial charge in [0.05, 0.1) is 31.1 Å². The van der Waals surface area contributed by atoms with Gasteiger partial charge in [-0.3, -0.25) is 14.6 Å². The van der Waals surface area contributed by atoms with Crippen LogP contribution in [0.3, 0.4) is 0 Å². The summed E-state index contributed by atoms with van der Waals surface area (Å²) in [6.07, 6.45) is 9.29. The highest BCUT2D eigenvalue weighted by Crippen LogP contribution is 2.44. The standard InChI is InChI=1S/C40H43Cl2N5O5/c1-50-38-24(6-3-7-25-13-17-36(49)45-25)19-32(41)39(47-38)52-35-16-15-28-27(8-4-9-29(28)35)30-10-5-11-31(37(30)42)33-22-44-34(40(46-33)51-2)21-43-20-23-12-14-26(48)18-23/h4-5,8-11,19,22-23,25,35,43H,3,6-7,12-18,20-21H2,1-2H3,(H,45,49)/t23-,25-,35+/m1/s1. The van der Waals surface area contributed by atoms with Gasteiger partial charge in [0.1, 0.15) is 22.6 Å². The molecule has 0 unspecified atom stereocenters. The lowest BCUT2D eigenvalue weighted by molar-refractivity contribution is -0.119. The number of carbonyl (C=O) groups is 2. The van der Waals surface area contributed by atoms with E-state index >= 15 is 0 Å². The van der Waals surface area contributed by atoms with Gasteiger partial charge in [0.25, 0.3) is 0 Å². The fourth-order valence-corrected chi connectivity index (χ4v) is 8.24. The van der Waals surface area contributed by atoms with E-state index in [9.17, 15) is 9.59 Å². The first kappa shape index (κ1) is 36.1. The molecule has 1 aliphatic heterocycles. The van der Waals surface area contributed by atoms with E-state index in [1.54, 1.807) is 20.4 Å². The molecule has 1 saturated carbocycles. The molecule has 0 bridgehead atoms. The fraction of sp³-hybridized carbons (Fsp3) is 0.425. The predicted molar refractivity (Wildman–Crippen MR) is 200 cm³/mol. The van der Waals surface area contributed by atoms with E-state index in [1.807, 2.05) is 30.3 Å². The van der Waals surface area contributed by atoms with Crippen LogP contribution in [-0.2, 0) is 29.0 Å². The molecule has 3 heterocycles. The van der Waals surface area contributed by atoms with Gasteiger partial charge in [-0.15, -0.1) is 0 Å². The summed E-state index contributed by atoms with van der Waals surface area (Å²) in [4.78, 5) is 37.3. The molecule has 3 aliphatic rings. The maximum Gasteiger partial charge on any atom is 0.237 e. The topological polar surface area (TPSA) is 125 Å². The number of Topliss-reactive ketones (excluding diaryl/α,β-unsaturated/α-hetero) is 1. The zero-order valence-electron chi connectivity index (χ0n) is 29.5. The summed E-state index contributed by atoms with van der Waals surface area (Å²) in [5.41, 5.74) is 7.16. The summed E-state index contributed by atoms with van der Waals surface area (Å²) in [7, 11) is 3.19. The number of carbonyl (C=O) groups excluding carboxylic acids is 2. The summed E-state index contributed by atoms with van der Waals surface area (Å²) in [6, 6.07) is 14.3. The maximum absolute atomic E-state index is 11.6. The van der Waals surface area contributed by atoms with Crippen molar-refractivity contribution in [3.63, 3.8) is 0 Å². The molecule has 2 N–H and O–H groups in total. The van der Waals surface area contributed by atoms with E-state index in [1.165, 1.54) is 5.56 Å². The zero-order chi connectivity index (χ0) is 36.2. The number of amides is 1. The minimum Gasteiger partial charge on any atom is -0.481 e. The number of hydrogen-bond donors (Lipinski definition) is 2. The third kappa shape index (κ3) is 7.89. The predicted octanol–water partition coefficient (Wildman–Crippen LogP) is 7.66. The van der Waals surface area contributed by atoms with E-state index in [0.717, 1.165) is 79.3 Å². The number of ether oxygens (including phenoxy) is 3. The summed E-state index contributed by atoms with van der Waals surface area (Å²) in [5, 5.41) is 7.45. The molecule has 2 fully saturated rings. The molecule has 1 saturated heterocycles. The number of pyridine rings is 1. The number of aromatic nitrogens is 3. The van der Waals surface area contributed by atoms with E-state index in [4.69, 9.17) is 42.4 Å². The lowest BCUT2D eigenvalue weighted by Crippen LogP contribution is -2.25. The van der Waals surface area contributed by atoms with Crippen molar-refractivity contribution in [1.82, 2.24) is 25.6 Å². The van der Waals surface area contributed by atoms with Gasteiger partial charge in [-0.2, -0.15) is 4.98 Å². The Kier molecular flexibility index (Phi) is 11.2. The Balaban J connectivity index is 1.06. The second kappa shape index (κ2) is 16.2. The molecule has 2 aromatic heterocycles. The van der Waals surface area contributed by atoms with Crippen molar-refractivity contribution in [2.45, 2.75) is 82.9 Å². The minimum absolute atomic E-state index is 0.128. The minimum atomic E-state index is -0.242. The van der Waals surface area contributed by atoms with Crippen LogP contribution < -0.4 is 24.8 Å². The Hall–Kier alpha value is -4.25. The fourth-order valence-electron chi connectivity index (χ4n) is 7.70. The van der Waals surface area contributed by atoms with Crippen LogP contribution in [0.25, 0.3) is 22.4 Å². The summed E-state index contributed by atoms with van der Waals surface area (Å²) in [6.45, 7) is 1.25. The number of rotatable bonds is 14. The third-order valence-electron chi connectivity index (χ3n) is 10.4. The van der Waals surface area contributed by atoms with Crippen LogP contribution in [0, 0.1) is 5.92 Å². The molecule has 4 aromatic rings. The number of halogens is 2. The van der Waals surface area contributed by atoms with Crippen molar-refractivity contribution in [2.75, 3.05) is 20.8 Å². The smallest absolute Gasteiger partial charge is 0.237 e. The number of nitrogens with one attached hydrogen (secondary N) is 2. The molecule has 2 aliphatic carbocycles. The second-order valence-electron chi connectivity index (χ2n) is 13.8. The molecular weight excluding hydrogens is 701 g/mol. The molecule has 1 amide bonds. The van der Waals surface area contributed by atoms with Crippen LogP contribution in [0.1, 0.15) is 79.9 Å². The molecular formula is C40H43Cl2N5O5. The van der Waals surface area contributed by atoms with Gasteiger partial charge in [0.2, 0.25) is 23.5 Å². The maximum atomic E-state index is 11.6. The first-order valence-corrected chi connectivity index (χ1v) is 18.8. The van der Waals surface area contributed by atoms with Crippen molar-refractivity contribution < 1.29 is 23.8 Å². The van der Waals surface area contributed by atoms with Crippen LogP contribution in [-0.4, -0.2) is 53.4 Å².